The minimum atomic E-state index is 0.109. The van der Waals surface area contributed by atoms with Crippen LogP contribution in [0.15, 0.2) is 12.1 Å². The van der Waals surface area contributed by atoms with E-state index in [0.29, 0.717) is 11.5 Å². The van der Waals surface area contributed by atoms with Crippen LogP contribution in [-0.4, -0.2) is 47.5 Å². The zero-order valence-corrected chi connectivity index (χ0v) is 12.0. The highest BCUT2D eigenvalue weighted by Gasteiger charge is 2.20. The number of hydrogen-bond donors (Lipinski definition) is 1. The summed E-state index contributed by atoms with van der Waals surface area (Å²) in [5, 5.41) is 0. The summed E-state index contributed by atoms with van der Waals surface area (Å²) in [4.78, 5) is 20.5. The molecule has 1 aromatic rings. The monoisotopic (exact) mass is 278 g/mol. The summed E-state index contributed by atoms with van der Waals surface area (Å²) in [7, 11) is 1.83. The smallest absolute Gasteiger partial charge is 0.241 e. The van der Waals surface area contributed by atoms with Crippen LogP contribution in [-0.2, 0) is 4.79 Å². The standard InChI is InChI=1S/C13H18N4OS/c1-9-6-10(13(14)19)7-11(15-9)17-5-3-4-16(2)12(18)8-17/h6-7H,3-5,8H2,1-2H3,(H2,14,19). The first kappa shape index (κ1) is 13.7. The van der Waals surface area contributed by atoms with E-state index in [-0.39, 0.29) is 5.91 Å². The first-order chi connectivity index (χ1) is 8.97. The van der Waals surface area contributed by atoms with Crippen LogP contribution in [0.4, 0.5) is 5.82 Å². The molecule has 0 atom stereocenters. The van der Waals surface area contributed by atoms with Crippen molar-refractivity contribution in [3.63, 3.8) is 0 Å². The summed E-state index contributed by atoms with van der Waals surface area (Å²) in [5.74, 6) is 0.879. The maximum absolute atomic E-state index is 11.9. The second-order valence-corrected chi connectivity index (χ2v) is 5.25. The van der Waals surface area contributed by atoms with Crippen LogP contribution < -0.4 is 10.6 Å². The second-order valence-electron chi connectivity index (χ2n) is 4.81. The molecule has 0 radical (unpaired) electrons. The number of amides is 1. The van der Waals surface area contributed by atoms with Crippen LogP contribution in [0.1, 0.15) is 17.7 Å². The summed E-state index contributed by atoms with van der Waals surface area (Å²) in [5.41, 5.74) is 7.32. The van der Waals surface area contributed by atoms with E-state index in [0.717, 1.165) is 36.6 Å². The molecule has 2 N–H and O–H groups in total. The van der Waals surface area contributed by atoms with Gasteiger partial charge in [0.15, 0.2) is 0 Å². The third kappa shape index (κ3) is 3.20. The summed E-state index contributed by atoms with van der Waals surface area (Å²) in [6.45, 7) is 3.84. The molecule has 0 spiro atoms. The lowest BCUT2D eigenvalue weighted by Crippen LogP contribution is -2.34. The molecule has 1 aliphatic heterocycles. The number of aromatic nitrogens is 1. The summed E-state index contributed by atoms with van der Waals surface area (Å²) in [6.07, 6.45) is 0.931. The van der Waals surface area contributed by atoms with Gasteiger partial charge in [0.25, 0.3) is 0 Å². The number of nitrogens with zero attached hydrogens (tertiary/aromatic N) is 3. The van der Waals surface area contributed by atoms with Crippen molar-refractivity contribution < 1.29 is 4.79 Å². The number of pyridine rings is 1. The number of aryl methyl sites for hydroxylation is 1. The molecule has 6 heteroatoms. The molecule has 1 aliphatic rings. The van der Waals surface area contributed by atoms with Crippen molar-refractivity contribution in [2.75, 3.05) is 31.6 Å². The molecule has 0 aromatic carbocycles. The first-order valence-corrected chi connectivity index (χ1v) is 6.65. The van der Waals surface area contributed by atoms with Gasteiger partial charge in [0, 0.05) is 31.4 Å². The maximum Gasteiger partial charge on any atom is 0.241 e. The maximum atomic E-state index is 11.9. The number of rotatable bonds is 2. The van der Waals surface area contributed by atoms with E-state index < -0.39 is 0 Å². The lowest BCUT2D eigenvalue weighted by Gasteiger charge is -2.21. The molecule has 19 heavy (non-hydrogen) atoms. The van der Waals surface area contributed by atoms with Gasteiger partial charge in [-0.15, -0.1) is 0 Å². The van der Waals surface area contributed by atoms with Gasteiger partial charge in [-0.25, -0.2) is 4.98 Å². The summed E-state index contributed by atoms with van der Waals surface area (Å²) >= 11 is 5.01. The van der Waals surface area contributed by atoms with E-state index in [1.807, 2.05) is 31.0 Å². The van der Waals surface area contributed by atoms with E-state index in [4.69, 9.17) is 18.0 Å². The Bertz CT molecular complexity index is 517. The van der Waals surface area contributed by atoms with Crippen LogP contribution in [0.2, 0.25) is 0 Å². The molecule has 1 saturated heterocycles. The molecular formula is C13H18N4OS. The molecule has 2 rings (SSSR count). The number of thiocarbonyl (C=S) groups is 1. The average molecular weight is 278 g/mol. The Labute approximate surface area is 118 Å². The van der Waals surface area contributed by atoms with Gasteiger partial charge in [-0.1, -0.05) is 12.2 Å². The minimum Gasteiger partial charge on any atom is -0.389 e. The Hall–Kier alpha value is -1.69. The molecule has 2 heterocycles. The van der Waals surface area contributed by atoms with Gasteiger partial charge in [-0.3, -0.25) is 4.79 Å². The zero-order valence-electron chi connectivity index (χ0n) is 11.2. The largest absolute Gasteiger partial charge is 0.389 e. The number of carbonyl (C=O) groups is 1. The lowest BCUT2D eigenvalue weighted by atomic mass is 10.2. The van der Waals surface area contributed by atoms with Crippen molar-refractivity contribution >= 4 is 28.9 Å². The van der Waals surface area contributed by atoms with Crippen LogP contribution in [0.3, 0.4) is 0 Å². The topological polar surface area (TPSA) is 62.5 Å². The van der Waals surface area contributed by atoms with Gasteiger partial charge < -0.3 is 15.5 Å². The molecule has 1 fully saturated rings. The van der Waals surface area contributed by atoms with Crippen molar-refractivity contribution in [2.24, 2.45) is 5.73 Å². The highest BCUT2D eigenvalue weighted by atomic mass is 32.1. The fourth-order valence-electron chi connectivity index (χ4n) is 2.14. The molecule has 0 bridgehead atoms. The Morgan fingerprint density at radius 3 is 2.84 bits per heavy atom. The van der Waals surface area contributed by atoms with Crippen molar-refractivity contribution in [3.8, 4) is 0 Å². The van der Waals surface area contributed by atoms with Gasteiger partial charge in [-0.2, -0.15) is 0 Å². The van der Waals surface area contributed by atoms with Crippen molar-refractivity contribution in [2.45, 2.75) is 13.3 Å². The van der Waals surface area contributed by atoms with E-state index in [1.165, 1.54) is 0 Å². The van der Waals surface area contributed by atoms with Crippen molar-refractivity contribution in [1.29, 1.82) is 0 Å². The fraction of sp³-hybridized carbons (Fsp3) is 0.462. The van der Waals surface area contributed by atoms with Crippen LogP contribution in [0, 0.1) is 6.92 Å². The number of anilines is 1. The van der Waals surface area contributed by atoms with E-state index in [2.05, 4.69) is 4.98 Å². The highest BCUT2D eigenvalue weighted by Crippen LogP contribution is 2.17. The van der Waals surface area contributed by atoms with E-state index >= 15 is 0 Å². The van der Waals surface area contributed by atoms with Crippen molar-refractivity contribution in [3.05, 3.63) is 23.4 Å². The Kier molecular flexibility index (Phi) is 3.99. The third-order valence-electron chi connectivity index (χ3n) is 3.22. The van der Waals surface area contributed by atoms with Gasteiger partial charge in [-0.05, 0) is 25.5 Å². The van der Waals surface area contributed by atoms with Crippen LogP contribution >= 0.6 is 12.2 Å². The second kappa shape index (κ2) is 5.52. The number of nitrogens with two attached hydrogens (primary N) is 1. The highest BCUT2D eigenvalue weighted by molar-refractivity contribution is 7.80. The predicted molar refractivity (Wildman–Crippen MR) is 79.3 cm³/mol. The van der Waals surface area contributed by atoms with E-state index in [9.17, 15) is 4.79 Å². The number of carbonyl (C=O) groups excluding carboxylic acids is 1. The quantitative estimate of drug-likeness (QED) is 0.807. The Balaban J connectivity index is 2.30. The molecule has 1 amide bonds. The molecule has 5 nitrogen and oxygen atoms in total. The SMILES string of the molecule is Cc1cc(C(N)=S)cc(N2CCCN(C)C(=O)C2)n1. The molecular weight excluding hydrogens is 260 g/mol. The summed E-state index contributed by atoms with van der Waals surface area (Å²) < 4.78 is 0. The predicted octanol–water partition coefficient (Wildman–Crippen LogP) is 0.693. The van der Waals surface area contributed by atoms with E-state index in [1.54, 1.807) is 4.90 Å². The van der Waals surface area contributed by atoms with Gasteiger partial charge in [0.1, 0.15) is 10.8 Å². The average Bonchev–Trinajstić information content (AvgIpc) is 2.51. The third-order valence-corrected chi connectivity index (χ3v) is 3.46. The van der Waals surface area contributed by atoms with Gasteiger partial charge in [0.05, 0.1) is 6.54 Å². The fourth-order valence-corrected chi connectivity index (χ4v) is 2.26. The summed E-state index contributed by atoms with van der Waals surface area (Å²) in [6, 6.07) is 3.71. The number of hydrogen-bond acceptors (Lipinski definition) is 4. The Morgan fingerprint density at radius 1 is 1.42 bits per heavy atom. The normalized spacial score (nSPS) is 16.4. The molecule has 102 valence electrons. The number of likely N-dealkylation sites (N-methyl/N-ethyl adjacent to an activating group) is 1. The lowest BCUT2D eigenvalue weighted by molar-refractivity contribution is -0.127. The van der Waals surface area contributed by atoms with Crippen LogP contribution in [0.5, 0.6) is 0 Å². The van der Waals surface area contributed by atoms with Gasteiger partial charge in [0.2, 0.25) is 5.91 Å². The molecule has 0 saturated carbocycles. The molecule has 0 aliphatic carbocycles. The van der Waals surface area contributed by atoms with Gasteiger partial charge >= 0.3 is 0 Å². The first-order valence-electron chi connectivity index (χ1n) is 6.25. The van der Waals surface area contributed by atoms with Crippen LogP contribution in [0.25, 0.3) is 0 Å². The Morgan fingerprint density at radius 2 is 2.16 bits per heavy atom. The zero-order chi connectivity index (χ0) is 14.0. The molecule has 1 aromatic heterocycles. The van der Waals surface area contributed by atoms with Crippen molar-refractivity contribution in [1.82, 2.24) is 9.88 Å². The molecule has 0 unspecified atom stereocenters. The minimum absolute atomic E-state index is 0.109.